The molecule has 0 radical (unpaired) electrons. The SMILES string of the molecule is NCC1CCN(C2CCCCC2O)C1. The number of hydrogen-bond donors (Lipinski definition) is 2. The zero-order valence-corrected chi connectivity index (χ0v) is 8.86. The number of aliphatic hydroxyl groups is 1. The Morgan fingerprint density at radius 3 is 2.64 bits per heavy atom. The van der Waals surface area contributed by atoms with E-state index in [0.717, 1.165) is 26.1 Å². The van der Waals surface area contributed by atoms with Crippen LogP contribution in [0.4, 0.5) is 0 Å². The normalized spacial score (nSPS) is 40.3. The first kappa shape index (κ1) is 10.4. The highest BCUT2D eigenvalue weighted by molar-refractivity contribution is 4.88. The average molecular weight is 198 g/mol. The Kier molecular flexibility index (Phi) is 3.42. The molecule has 0 spiro atoms. The smallest absolute Gasteiger partial charge is 0.0695 e. The van der Waals surface area contributed by atoms with Crippen LogP contribution in [0.1, 0.15) is 32.1 Å². The minimum absolute atomic E-state index is 0.0831. The van der Waals surface area contributed by atoms with Crippen molar-refractivity contribution in [3.63, 3.8) is 0 Å². The highest BCUT2D eigenvalue weighted by atomic mass is 16.3. The molecule has 2 rings (SSSR count). The Morgan fingerprint density at radius 1 is 1.21 bits per heavy atom. The van der Waals surface area contributed by atoms with Crippen molar-refractivity contribution in [3.8, 4) is 0 Å². The van der Waals surface area contributed by atoms with Crippen LogP contribution in [0.5, 0.6) is 0 Å². The Hall–Kier alpha value is -0.120. The van der Waals surface area contributed by atoms with Gasteiger partial charge in [0.2, 0.25) is 0 Å². The minimum Gasteiger partial charge on any atom is -0.391 e. The molecule has 82 valence electrons. The number of likely N-dealkylation sites (tertiary alicyclic amines) is 1. The molecule has 2 aliphatic rings. The quantitative estimate of drug-likeness (QED) is 0.682. The van der Waals surface area contributed by atoms with Crippen LogP contribution in [0, 0.1) is 5.92 Å². The van der Waals surface area contributed by atoms with Crippen LogP contribution in [-0.4, -0.2) is 41.8 Å². The molecule has 1 saturated carbocycles. The molecule has 2 fully saturated rings. The number of aliphatic hydroxyl groups excluding tert-OH is 1. The van der Waals surface area contributed by atoms with Crippen LogP contribution >= 0.6 is 0 Å². The van der Waals surface area contributed by atoms with Gasteiger partial charge in [-0.15, -0.1) is 0 Å². The summed E-state index contributed by atoms with van der Waals surface area (Å²) in [7, 11) is 0. The largest absolute Gasteiger partial charge is 0.391 e. The Bertz CT molecular complexity index is 186. The third-order valence-corrected chi connectivity index (χ3v) is 3.81. The summed E-state index contributed by atoms with van der Waals surface area (Å²) in [5.41, 5.74) is 5.67. The van der Waals surface area contributed by atoms with E-state index in [1.54, 1.807) is 0 Å². The third kappa shape index (κ3) is 2.10. The Balaban J connectivity index is 1.88. The highest BCUT2D eigenvalue weighted by Gasteiger charge is 2.32. The molecule has 3 heteroatoms. The van der Waals surface area contributed by atoms with Gasteiger partial charge in [-0.05, 0) is 38.3 Å². The molecule has 1 aliphatic heterocycles. The van der Waals surface area contributed by atoms with E-state index >= 15 is 0 Å². The van der Waals surface area contributed by atoms with Crippen LogP contribution in [-0.2, 0) is 0 Å². The maximum atomic E-state index is 9.92. The molecule has 0 aromatic heterocycles. The zero-order valence-electron chi connectivity index (χ0n) is 8.86. The summed E-state index contributed by atoms with van der Waals surface area (Å²) >= 11 is 0. The van der Waals surface area contributed by atoms with Crippen molar-refractivity contribution in [2.24, 2.45) is 11.7 Å². The van der Waals surface area contributed by atoms with Gasteiger partial charge in [-0.2, -0.15) is 0 Å². The van der Waals surface area contributed by atoms with E-state index < -0.39 is 0 Å². The van der Waals surface area contributed by atoms with Gasteiger partial charge in [0.15, 0.2) is 0 Å². The lowest BCUT2D eigenvalue weighted by molar-refractivity contribution is 0.0296. The van der Waals surface area contributed by atoms with Crippen molar-refractivity contribution in [3.05, 3.63) is 0 Å². The van der Waals surface area contributed by atoms with Gasteiger partial charge in [0.1, 0.15) is 0 Å². The second-order valence-corrected chi connectivity index (χ2v) is 4.80. The van der Waals surface area contributed by atoms with Crippen LogP contribution in [0.3, 0.4) is 0 Å². The van der Waals surface area contributed by atoms with Crippen molar-refractivity contribution < 1.29 is 5.11 Å². The molecule has 0 bridgehead atoms. The first-order valence-electron chi connectivity index (χ1n) is 5.93. The van der Waals surface area contributed by atoms with Crippen LogP contribution in [0.15, 0.2) is 0 Å². The lowest BCUT2D eigenvalue weighted by Crippen LogP contribution is -2.44. The monoisotopic (exact) mass is 198 g/mol. The van der Waals surface area contributed by atoms with Gasteiger partial charge in [0.25, 0.3) is 0 Å². The number of nitrogens with zero attached hydrogens (tertiary/aromatic N) is 1. The van der Waals surface area contributed by atoms with Gasteiger partial charge in [-0.1, -0.05) is 12.8 Å². The van der Waals surface area contributed by atoms with E-state index in [1.807, 2.05) is 0 Å². The summed E-state index contributed by atoms with van der Waals surface area (Å²) in [6.07, 6.45) is 5.80. The second-order valence-electron chi connectivity index (χ2n) is 4.80. The zero-order chi connectivity index (χ0) is 9.97. The van der Waals surface area contributed by atoms with Gasteiger partial charge in [-0.25, -0.2) is 0 Å². The molecule has 1 aliphatic carbocycles. The average Bonchev–Trinajstić information content (AvgIpc) is 2.67. The minimum atomic E-state index is -0.0831. The fourth-order valence-corrected chi connectivity index (χ4v) is 2.87. The van der Waals surface area contributed by atoms with Crippen molar-refractivity contribution in [1.82, 2.24) is 4.90 Å². The molecule has 0 amide bonds. The summed E-state index contributed by atoms with van der Waals surface area (Å²) in [6.45, 7) is 3.06. The molecule has 0 aromatic rings. The number of hydrogen-bond acceptors (Lipinski definition) is 3. The van der Waals surface area contributed by atoms with Crippen molar-refractivity contribution in [1.29, 1.82) is 0 Å². The summed E-state index contributed by atoms with van der Waals surface area (Å²) in [5, 5.41) is 9.92. The topological polar surface area (TPSA) is 49.5 Å². The number of rotatable bonds is 2. The number of nitrogens with two attached hydrogens (primary N) is 1. The predicted molar refractivity (Wildman–Crippen MR) is 57.0 cm³/mol. The molecule has 1 heterocycles. The van der Waals surface area contributed by atoms with E-state index in [1.165, 1.54) is 25.7 Å². The van der Waals surface area contributed by atoms with E-state index in [2.05, 4.69) is 4.90 Å². The molecule has 3 atom stereocenters. The van der Waals surface area contributed by atoms with Gasteiger partial charge < -0.3 is 10.8 Å². The summed E-state index contributed by atoms with van der Waals surface area (Å²) in [6, 6.07) is 0.431. The van der Waals surface area contributed by atoms with Crippen molar-refractivity contribution in [2.45, 2.75) is 44.2 Å². The highest BCUT2D eigenvalue weighted by Crippen LogP contribution is 2.27. The molecule has 14 heavy (non-hydrogen) atoms. The van der Waals surface area contributed by atoms with Gasteiger partial charge in [-0.3, -0.25) is 4.90 Å². The molecule has 3 unspecified atom stereocenters. The maximum absolute atomic E-state index is 9.92. The van der Waals surface area contributed by atoms with E-state index in [9.17, 15) is 5.11 Å². The first-order valence-corrected chi connectivity index (χ1v) is 5.93. The molecule has 1 saturated heterocycles. The van der Waals surface area contributed by atoms with Crippen LogP contribution < -0.4 is 5.73 Å². The molecule has 3 N–H and O–H groups in total. The van der Waals surface area contributed by atoms with E-state index in [4.69, 9.17) is 5.73 Å². The molecular weight excluding hydrogens is 176 g/mol. The lowest BCUT2D eigenvalue weighted by atomic mass is 9.91. The van der Waals surface area contributed by atoms with Gasteiger partial charge in [0.05, 0.1) is 6.10 Å². The Labute approximate surface area is 86.3 Å². The van der Waals surface area contributed by atoms with Crippen molar-refractivity contribution >= 4 is 0 Å². The van der Waals surface area contributed by atoms with Crippen LogP contribution in [0.2, 0.25) is 0 Å². The summed E-state index contributed by atoms with van der Waals surface area (Å²) < 4.78 is 0. The summed E-state index contributed by atoms with van der Waals surface area (Å²) in [4.78, 5) is 2.46. The molecule has 3 nitrogen and oxygen atoms in total. The van der Waals surface area contributed by atoms with E-state index in [0.29, 0.717) is 12.0 Å². The Morgan fingerprint density at radius 2 is 2.00 bits per heavy atom. The fourth-order valence-electron chi connectivity index (χ4n) is 2.87. The second kappa shape index (κ2) is 4.60. The van der Waals surface area contributed by atoms with Gasteiger partial charge in [0, 0.05) is 12.6 Å². The van der Waals surface area contributed by atoms with Gasteiger partial charge >= 0.3 is 0 Å². The first-order chi connectivity index (χ1) is 6.81. The van der Waals surface area contributed by atoms with Crippen LogP contribution in [0.25, 0.3) is 0 Å². The molecular formula is C11H22N2O. The summed E-state index contributed by atoms with van der Waals surface area (Å²) in [5.74, 6) is 0.670. The molecule has 0 aromatic carbocycles. The lowest BCUT2D eigenvalue weighted by Gasteiger charge is -2.35. The standard InChI is InChI=1S/C11H22N2O/c12-7-9-5-6-13(8-9)10-3-1-2-4-11(10)14/h9-11,14H,1-8,12H2. The van der Waals surface area contributed by atoms with Crippen molar-refractivity contribution in [2.75, 3.05) is 19.6 Å². The van der Waals surface area contributed by atoms with E-state index in [-0.39, 0.29) is 6.10 Å². The maximum Gasteiger partial charge on any atom is 0.0695 e. The third-order valence-electron chi connectivity index (χ3n) is 3.81. The predicted octanol–water partition coefficient (Wildman–Crippen LogP) is 0.570. The fraction of sp³-hybridized carbons (Fsp3) is 1.00.